The Bertz CT molecular complexity index is 672. The Morgan fingerprint density at radius 2 is 1.87 bits per heavy atom. The fraction of sp³-hybridized carbons (Fsp3) is 0.696. The number of carbonyl (C=O) groups is 1. The van der Waals surface area contributed by atoms with Crippen molar-refractivity contribution in [3.05, 3.63) is 28.2 Å². The Morgan fingerprint density at radius 1 is 1.13 bits per heavy atom. The molecule has 5 nitrogen and oxygen atoms in total. The van der Waals surface area contributed by atoms with Crippen LogP contribution < -0.4 is 10.1 Å². The largest absolute Gasteiger partial charge is 0.489 e. The predicted molar refractivity (Wildman–Crippen MR) is 122 cm³/mol. The van der Waals surface area contributed by atoms with Crippen molar-refractivity contribution in [3.63, 3.8) is 0 Å². The van der Waals surface area contributed by atoms with Gasteiger partial charge in [0.2, 0.25) is 5.91 Å². The Hall–Kier alpha value is -1.01. The maximum Gasteiger partial charge on any atom is 0.222 e. The van der Waals surface area contributed by atoms with Crippen LogP contribution in [0, 0.1) is 5.92 Å². The normalized spacial score (nSPS) is 23.3. The van der Waals surface area contributed by atoms with Crippen molar-refractivity contribution >= 4 is 29.1 Å². The molecule has 1 aromatic carbocycles. The quantitative estimate of drug-likeness (QED) is 0.571. The molecule has 0 radical (unpaired) electrons. The van der Waals surface area contributed by atoms with Gasteiger partial charge in [0.1, 0.15) is 16.9 Å². The number of hydrogen-bond donors (Lipinski definition) is 1. The van der Waals surface area contributed by atoms with E-state index < -0.39 is 0 Å². The second-order valence-corrected chi connectivity index (χ2v) is 9.31. The average molecular weight is 457 g/mol. The highest BCUT2D eigenvalue weighted by Crippen LogP contribution is 2.33. The van der Waals surface area contributed by atoms with E-state index in [2.05, 4.69) is 10.2 Å². The van der Waals surface area contributed by atoms with Crippen LogP contribution in [0.3, 0.4) is 0 Å². The van der Waals surface area contributed by atoms with Gasteiger partial charge >= 0.3 is 0 Å². The molecule has 1 saturated heterocycles. The lowest BCUT2D eigenvalue weighted by molar-refractivity contribution is -0.122. The Labute approximate surface area is 190 Å². The fourth-order valence-electron chi connectivity index (χ4n) is 4.46. The zero-order chi connectivity index (χ0) is 21.3. The molecule has 168 valence electrons. The van der Waals surface area contributed by atoms with Crippen LogP contribution >= 0.6 is 23.2 Å². The van der Waals surface area contributed by atoms with Gasteiger partial charge in [-0.25, -0.2) is 0 Å². The number of nitrogens with one attached hydrogen (secondary N) is 1. The van der Waals surface area contributed by atoms with Crippen molar-refractivity contribution in [1.29, 1.82) is 0 Å². The summed E-state index contributed by atoms with van der Waals surface area (Å²) in [5, 5.41) is 4.20. The summed E-state index contributed by atoms with van der Waals surface area (Å²) in [4.78, 5) is 14.4. The third kappa shape index (κ3) is 7.30. The lowest BCUT2D eigenvalue weighted by Gasteiger charge is -2.34. The molecule has 1 N–H and O–H groups in total. The van der Waals surface area contributed by atoms with Gasteiger partial charge < -0.3 is 19.7 Å². The summed E-state index contributed by atoms with van der Waals surface area (Å²) in [6.07, 6.45) is 8.56. The highest BCUT2D eigenvalue weighted by molar-refractivity contribution is 6.42. The molecule has 7 heteroatoms. The van der Waals surface area contributed by atoms with E-state index >= 15 is 0 Å². The molecule has 1 aliphatic carbocycles. The number of ether oxygens (including phenoxy) is 2. The van der Waals surface area contributed by atoms with E-state index in [-0.39, 0.29) is 12.0 Å². The Morgan fingerprint density at radius 3 is 2.57 bits per heavy atom. The molecular formula is C23H34Cl2N2O3. The number of halogens is 2. The van der Waals surface area contributed by atoms with Crippen LogP contribution in [-0.4, -0.2) is 56.3 Å². The van der Waals surface area contributed by atoms with E-state index in [1.807, 2.05) is 12.1 Å². The third-order valence-corrected chi connectivity index (χ3v) is 7.14. The molecule has 0 spiro atoms. The van der Waals surface area contributed by atoms with Gasteiger partial charge in [-0.05, 0) is 69.5 Å². The molecule has 1 aromatic rings. The van der Waals surface area contributed by atoms with Crippen LogP contribution in [-0.2, 0) is 9.53 Å². The van der Waals surface area contributed by atoms with Crippen LogP contribution in [0.4, 0.5) is 0 Å². The van der Waals surface area contributed by atoms with E-state index in [4.69, 9.17) is 32.7 Å². The minimum atomic E-state index is 0.115. The Balaban J connectivity index is 1.30. The number of nitrogens with zero attached hydrogens (tertiary/aromatic N) is 1. The highest BCUT2D eigenvalue weighted by atomic mass is 35.5. The van der Waals surface area contributed by atoms with Gasteiger partial charge in [-0.3, -0.25) is 4.79 Å². The molecular weight excluding hydrogens is 423 g/mol. The van der Waals surface area contributed by atoms with Crippen molar-refractivity contribution in [2.24, 2.45) is 5.92 Å². The van der Waals surface area contributed by atoms with Crippen LogP contribution in [0.5, 0.6) is 5.75 Å². The topological polar surface area (TPSA) is 50.8 Å². The molecule has 30 heavy (non-hydrogen) atoms. The van der Waals surface area contributed by atoms with Gasteiger partial charge in [0.25, 0.3) is 0 Å². The molecule has 2 fully saturated rings. The summed E-state index contributed by atoms with van der Waals surface area (Å²) in [7, 11) is 1.63. The molecule has 3 rings (SSSR count). The monoisotopic (exact) mass is 456 g/mol. The summed E-state index contributed by atoms with van der Waals surface area (Å²) >= 11 is 12.3. The molecule has 1 heterocycles. The van der Waals surface area contributed by atoms with Gasteiger partial charge in [-0.2, -0.15) is 0 Å². The number of rotatable bonds is 9. The van der Waals surface area contributed by atoms with Crippen molar-refractivity contribution in [3.8, 4) is 5.75 Å². The number of piperidine rings is 1. The van der Waals surface area contributed by atoms with Crippen LogP contribution in [0.2, 0.25) is 10.0 Å². The summed E-state index contributed by atoms with van der Waals surface area (Å²) < 4.78 is 11.1. The fourth-order valence-corrected chi connectivity index (χ4v) is 4.80. The molecule has 0 aromatic heterocycles. The molecule has 2 aliphatic rings. The average Bonchev–Trinajstić information content (AvgIpc) is 2.76. The van der Waals surface area contributed by atoms with Gasteiger partial charge in [-0.15, -0.1) is 0 Å². The van der Waals surface area contributed by atoms with Gasteiger partial charge in [0, 0.05) is 32.7 Å². The van der Waals surface area contributed by atoms with E-state index in [1.165, 1.54) is 19.3 Å². The highest BCUT2D eigenvalue weighted by Gasteiger charge is 2.25. The van der Waals surface area contributed by atoms with E-state index in [9.17, 15) is 4.79 Å². The second-order valence-electron chi connectivity index (χ2n) is 8.53. The van der Waals surface area contributed by atoms with Gasteiger partial charge in [0.15, 0.2) is 0 Å². The lowest BCUT2D eigenvalue weighted by Crippen LogP contribution is -2.40. The first-order chi connectivity index (χ1) is 14.5. The van der Waals surface area contributed by atoms with Crippen LogP contribution in [0.15, 0.2) is 18.2 Å². The Kier molecular flexibility index (Phi) is 9.57. The van der Waals surface area contributed by atoms with Crippen molar-refractivity contribution < 1.29 is 14.3 Å². The molecule has 0 bridgehead atoms. The van der Waals surface area contributed by atoms with Crippen LogP contribution in [0.1, 0.15) is 51.4 Å². The summed E-state index contributed by atoms with van der Waals surface area (Å²) in [6.45, 7) is 3.77. The number of likely N-dealkylation sites (tertiary alicyclic amines) is 1. The van der Waals surface area contributed by atoms with Crippen molar-refractivity contribution in [2.75, 3.05) is 33.4 Å². The zero-order valence-corrected chi connectivity index (χ0v) is 19.4. The summed E-state index contributed by atoms with van der Waals surface area (Å²) in [5.41, 5.74) is 0. The molecule has 1 aliphatic heterocycles. The minimum absolute atomic E-state index is 0.115. The van der Waals surface area contributed by atoms with Gasteiger partial charge in [-0.1, -0.05) is 29.3 Å². The van der Waals surface area contributed by atoms with Crippen molar-refractivity contribution in [2.45, 2.75) is 63.5 Å². The molecule has 0 unspecified atom stereocenters. The molecule has 0 atom stereocenters. The third-order valence-electron chi connectivity index (χ3n) is 6.34. The van der Waals surface area contributed by atoms with E-state index in [0.29, 0.717) is 34.9 Å². The van der Waals surface area contributed by atoms with Crippen LogP contribution in [0.25, 0.3) is 0 Å². The number of benzene rings is 1. The minimum Gasteiger partial charge on any atom is -0.489 e. The smallest absolute Gasteiger partial charge is 0.222 e. The zero-order valence-electron chi connectivity index (χ0n) is 17.9. The maximum atomic E-state index is 11.8. The molecule has 1 amide bonds. The number of methoxy groups -OCH3 is 1. The van der Waals surface area contributed by atoms with E-state index in [1.54, 1.807) is 13.2 Å². The predicted octanol–water partition coefficient (Wildman–Crippen LogP) is 4.94. The van der Waals surface area contributed by atoms with E-state index in [0.717, 1.165) is 51.2 Å². The first-order valence-electron chi connectivity index (χ1n) is 11.2. The second kappa shape index (κ2) is 12.1. The number of hydrogen-bond acceptors (Lipinski definition) is 4. The first-order valence-corrected chi connectivity index (χ1v) is 11.9. The maximum absolute atomic E-state index is 11.8. The lowest BCUT2D eigenvalue weighted by atomic mass is 9.84. The van der Waals surface area contributed by atoms with Gasteiger partial charge in [0.05, 0.1) is 11.6 Å². The first kappa shape index (κ1) is 23.6. The summed E-state index contributed by atoms with van der Waals surface area (Å²) in [6, 6.07) is 5.88. The SMILES string of the molecule is COCCC(=O)N[C@H]1CC[C@H](CCN2CCC(Oc3cccc(Cl)c3Cl)CC2)CC1. The number of amides is 1. The standard InChI is InChI=1S/C23H34Cl2N2O3/c1-29-16-12-22(28)26-18-7-5-17(6-8-18)9-13-27-14-10-19(11-15-27)30-21-4-2-3-20(24)23(21)25/h2-4,17-19H,5-16H2,1H3,(H,26,28)/t17-,18-. The number of carbonyl (C=O) groups excluding carboxylic acids is 1. The summed E-state index contributed by atoms with van der Waals surface area (Å²) in [5.74, 6) is 1.58. The van der Waals surface area contributed by atoms with Crippen molar-refractivity contribution in [1.82, 2.24) is 10.2 Å². The molecule has 1 saturated carbocycles.